The molecule has 0 amide bonds. The van der Waals surface area contributed by atoms with E-state index in [1.807, 2.05) is 0 Å². The van der Waals surface area contributed by atoms with Crippen molar-refractivity contribution in [2.75, 3.05) is 0 Å². The van der Waals surface area contributed by atoms with Crippen LogP contribution in [0, 0.1) is 0 Å². The number of allylic oxidation sites excluding steroid dienone is 2. The van der Waals surface area contributed by atoms with E-state index < -0.39 is 0 Å². The van der Waals surface area contributed by atoms with Crippen LogP contribution in [0.25, 0.3) is 16.9 Å². The maximum absolute atomic E-state index is 13.0. The van der Waals surface area contributed by atoms with Gasteiger partial charge in [0, 0.05) is 38.8 Å². The van der Waals surface area contributed by atoms with Gasteiger partial charge in [0.1, 0.15) is 0 Å². The largest absolute Gasteiger partial charge is 0.493 e. The van der Waals surface area contributed by atoms with E-state index in [0.29, 0.717) is 0 Å². The van der Waals surface area contributed by atoms with Crippen molar-refractivity contribution in [2.45, 2.75) is 420 Å². The smallest absolute Gasteiger partial charge is 0.211 e. The van der Waals surface area contributed by atoms with Gasteiger partial charge in [-0.25, -0.2) is 4.70 Å². The van der Waals surface area contributed by atoms with Crippen LogP contribution in [0.5, 0.6) is 0 Å². The average molecular weight is 1200 g/mol. The SMILES string of the molecule is CCCCCCCCCCCCCCCCCCCCCCCc1cc(CCCCCCCCCCCCCCCCCCCCCCC)cc(C2=C(CCCC)C(CCCCC)=C(c3cc(CCCCC)cc(CCCCC)c3)[N+]2=[N-])c1.[Ni]. The average Bonchev–Trinajstić information content (AvgIpc) is 3.30. The summed E-state index contributed by atoms with van der Waals surface area (Å²) in [6.07, 6.45) is 80.0. The second-order valence-electron chi connectivity index (χ2n) is 27.2. The Kier molecular flexibility index (Phi) is 52.3. The molecule has 0 aromatic heterocycles. The standard InChI is InChI=1S/C81H142N2.Ni/c1-7-13-19-21-23-25-27-29-31-33-35-37-39-41-43-45-47-49-51-53-58-62-74-67-75(63-59-54-52-50-48-46-44-42-40-38-36-34-32-30-28-26-24-22-20-14-8-2)71-76(70-74)80-78(64-18-12-6)79(65-57-17-11-5)81(83(80)82)77-68-72(60-55-15-9-3)66-73(69-77)61-56-16-10-4;/h66-71H,7-65H2,1-6H3;. The van der Waals surface area contributed by atoms with E-state index in [1.165, 1.54) is 378 Å². The molecule has 0 aliphatic carbocycles. The van der Waals surface area contributed by atoms with E-state index in [0.717, 1.165) is 56.3 Å². The van der Waals surface area contributed by atoms with Gasteiger partial charge in [-0.05, 0) is 124 Å². The maximum atomic E-state index is 13.0. The monoisotopic (exact) mass is 1200 g/mol. The first-order valence-electron chi connectivity index (χ1n) is 38.2. The molecule has 0 N–H and O–H groups in total. The summed E-state index contributed by atoms with van der Waals surface area (Å²) in [6.45, 7) is 13.9. The van der Waals surface area contributed by atoms with Crippen LogP contribution in [0.1, 0.15) is 428 Å². The summed E-state index contributed by atoms with van der Waals surface area (Å²) < 4.78 is 1.73. The van der Waals surface area contributed by atoms with Gasteiger partial charge in [0.2, 0.25) is 11.4 Å². The van der Waals surface area contributed by atoms with Crippen molar-refractivity contribution in [1.29, 1.82) is 0 Å². The molecule has 1 heterocycles. The van der Waals surface area contributed by atoms with Crippen molar-refractivity contribution >= 4 is 11.4 Å². The molecule has 0 saturated carbocycles. The second-order valence-corrected chi connectivity index (χ2v) is 27.2. The molecule has 0 spiro atoms. The van der Waals surface area contributed by atoms with Crippen molar-refractivity contribution in [3.8, 4) is 0 Å². The van der Waals surface area contributed by atoms with Crippen molar-refractivity contribution in [3.05, 3.63) is 86.5 Å². The third kappa shape index (κ3) is 37.8. The molecular formula is C81H142N2Ni. The van der Waals surface area contributed by atoms with Gasteiger partial charge in [-0.1, -0.05) is 355 Å². The van der Waals surface area contributed by atoms with E-state index in [4.69, 9.17) is 0 Å². The van der Waals surface area contributed by atoms with Crippen molar-refractivity contribution in [1.82, 2.24) is 0 Å². The normalized spacial score (nSPS) is 12.7. The molecule has 3 rings (SSSR count). The van der Waals surface area contributed by atoms with Gasteiger partial charge in [0.15, 0.2) is 0 Å². The van der Waals surface area contributed by atoms with E-state index in [9.17, 15) is 5.53 Å². The van der Waals surface area contributed by atoms with Crippen LogP contribution in [0.3, 0.4) is 0 Å². The zero-order valence-electron chi connectivity index (χ0n) is 57.4. The summed E-state index contributed by atoms with van der Waals surface area (Å²) in [5.74, 6) is 0. The fourth-order valence-corrected chi connectivity index (χ4v) is 13.7. The number of benzene rings is 2. The topological polar surface area (TPSA) is 25.3 Å². The molecule has 84 heavy (non-hydrogen) atoms. The zero-order chi connectivity index (χ0) is 59.3. The Balaban J connectivity index is 0.0000241. The van der Waals surface area contributed by atoms with E-state index >= 15 is 0 Å². The van der Waals surface area contributed by atoms with Crippen LogP contribution >= 0.6 is 0 Å². The first-order valence-corrected chi connectivity index (χ1v) is 38.2. The molecule has 1 aliphatic heterocycles. The summed E-state index contributed by atoms with van der Waals surface area (Å²) in [5.41, 5.74) is 26.4. The minimum absolute atomic E-state index is 0. The molecule has 1 aliphatic rings. The molecular weight excluding hydrogens is 1060 g/mol. The zero-order valence-corrected chi connectivity index (χ0v) is 58.4. The van der Waals surface area contributed by atoms with Crippen LogP contribution in [-0.4, -0.2) is 4.70 Å². The third-order valence-corrected chi connectivity index (χ3v) is 19.1. The summed E-state index contributed by atoms with van der Waals surface area (Å²) in [5, 5.41) is 0. The molecule has 486 valence electrons. The second kappa shape index (κ2) is 56.3. The minimum atomic E-state index is 0. The van der Waals surface area contributed by atoms with Crippen molar-refractivity contribution < 1.29 is 21.2 Å². The van der Waals surface area contributed by atoms with Gasteiger partial charge in [-0.15, -0.1) is 0 Å². The van der Waals surface area contributed by atoms with Gasteiger partial charge < -0.3 is 5.53 Å². The number of nitrogens with zero attached hydrogens (tertiary/aromatic N) is 2. The Hall–Kier alpha value is -1.99. The number of hydrogen-bond acceptors (Lipinski definition) is 0. The summed E-state index contributed by atoms with van der Waals surface area (Å²) in [6, 6.07) is 15.1. The molecule has 0 atom stereocenters. The van der Waals surface area contributed by atoms with E-state index in [1.54, 1.807) is 4.70 Å². The molecule has 0 saturated heterocycles. The number of aryl methyl sites for hydroxylation is 4. The predicted molar refractivity (Wildman–Crippen MR) is 373 cm³/mol. The fraction of sp³-hybridized carbons (Fsp3) is 0.802. The summed E-state index contributed by atoms with van der Waals surface area (Å²) >= 11 is 0. The van der Waals surface area contributed by atoms with E-state index in [2.05, 4.69) is 77.9 Å². The van der Waals surface area contributed by atoms with Crippen LogP contribution in [0.2, 0.25) is 0 Å². The van der Waals surface area contributed by atoms with Crippen LogP contribution in [-0.2, 0) is 42.2 Å². The molecule has 2 nitrogen and oxygen atoms in total. The quantitative estimate of drug-likeness (QED) is 0.0358. The minimum Gasteiger partial charge on any atom is -0.493 e. The molecule has 0 radical (unpaired) electrons. The Morgan fingerprint density at radius 3 is 0.607 bits per heavy atom. The van der Waals surface area contributed by atoms with Crippen LogP contribution in [0.15, 0.2) is 47.5 Å². The van der Waals surface area contributed by atoms with Gasteiger partial charge in [0.25, 0.3) is 0 Å². The van der Waals surface area contributed by atoms with Crippen molar-refractivity contribution in [3.63, 3.8) is 0 Å². The number of rotatable bonds is 61. The number of hydrogen-bond donors (Lipinski definition) is 0. The first kappa shape index (κ1) is 78.1. The summed E-state index contributed by atoms with van der Waals surface area (Å²) in [7, 11) is 0. The fourth-order valence-electron chi connectivity index (χ4n) is 13.7. The van der Waals surface area contributed by atoms with E-state index in [-0.39, 0.29) is 16.5 Å². The molecule has 0 fully saturated rings. The Morgan fingerprint density at radius 2 is 0.381 bits per heavy atom. The molecule has 0 unspecified atom stereocenters. The van der Waals surface area contributed by atoms with Crippen LogP contribution in [0.4, 0.5) is 0 Å². The Labute approximate surface area is 536 Å². The maximum Gasteiger partial charge on any atom is 0.211 e. The third-order valence-electron chi connectivity index (χ3n) is 19.1. The molecule has 2 aromatic rings. The molecule has 3 heteroatoms. The molecule has 2 aromatic carbocycles. The van der Waals surface area contributed by atoms with Gasteiger partial charge in [-0.2, -0.15) is 0 Å². The molecule has 0 bridgehead atoms. The van der Waals surface area contributed by atoms with Gasteiger partial charge in [0.05, 0.1) is 0 Å². The Morgan fingerprint density at radius 1 is 0.214 bits per heavy atom. The van der Waals surface area contributed by atoms with Gasteiger partial charge in [-0.3, -0.25) is 0 Å². The number of unbranched alkanes of at least 4 members (excludes halogenated alkanes) is 47. The first-order chi connectivity index (χ1) is 41.0. The van der Waals surface area contributed by atoms with Gasteiger partial charge >= 0.3 is 0 Å². The summed E-state index contributed by atoms with van der Waals surface area (Å²) in [4.78, 5) is 0. The predicted octanol–water partition coefficient (Wildman–Crippen LogP) is 28.6. The Bertz CT molecular complexity index is 1810. The van der Waals surface area contributed by atoms with Crippen LogP contribution < -0.4 is 0 Å². The van der Waals surface area contributed by atoms with Crippen molar-refractivity contribution in [2.24, 2.45) is 0 Å².